The van der Waals surface area contributed by atoms with Crippen molar-refractivity contribution in [3.63, 3.8) is 0 Å². The lowest BCUT2D eigenvalue weighted by molar-refractivity contribution is -0.0281. The molecule has 0 aromatic heterocycles. The van der Waals surface area contributed by atoms with Gasteiger partial charge in [-0.2, -0.15) is 0 Å². The second kappa shape index (κ2) is 5.99. The zero-order valence-electron chi connectivity index (χ0n) is 15.8. The molecule has 4 rings (SSSR count). The fourth-order valence-corrected chi connectivity index (χ4v) is 6.84. The van der Waals surface area contributed by atoms with Gasteiger partial charge in [-0.05, 0) is 85.9 Å². The summed E-state index contributed by atoms with van der Waals surface area (Å²) >= 11 is 0. The lowest BCUT2D eigenvalue weighted by atomic mass is 9.48. The second-order valence-electron chi connectivity index (χ2n) is 9.19. The van der Waals surface area contributed by atoms with Gasteiger partial charge < -0.3 is 0 Å². The number of fused-ring (bicyclic) bond motifs is 5. The molecule has 126 valence electrons. The van der Waals surface area contributed by atoms with Crippen molar-refractivity contribution in [2.45, 2.75) is 92.4 Å². The molecule has 0 aromatic rings. The highest BCUT2D eigenvalue weighted by molar-refractivity contribution is 5.24. The Balaban J connectivity index is 0.000000693. The van der Waals surface area contributed by atoms with Gasteiger partial charge in [0.05, 0.1) is 0 Å². The third kappa shape index (κ3) is 2.40. The van der Waals surface area contributed by atoms with E-state index in [0.717, 1.165) is 23.7 Å². The van der Waals surface area contributed by atoms with Crippen molar-refractivity contribution < 1.29 is 0 Å². The lowest BCUT2D eigenvalue weighted by Crippen LogP contribution is -2.48. The molecule has 0 spiro atoms. The minimum atomic E-state index is 0.583. The first kappa shape index (κ1) is 16.6. The number of hydrogen-bond acceptors (Lipinski definition) is 0. The van der Waals surface area contributed by atoms with Gasteiger partial charge in [0.25, 0.3) is 0 Å². The van der Waals surface area contributed by atoms with Gasteiger partial charge in [-0.3, -0.25) is 0 Å². The minimum absolute atomic E-state index is 0.583. The summed E-state index contributed by atoms with van der Waals surface area (Å²) in [5, 5.41) is 0. The first-order valence-corrected chi connectivity index (χ1v) is 10.2. The summed E-state index contributed by atoms with van der Waals surface area (Å²) in [5.74, 6) is 4.03. The lowest BCUT2D eigenvalue weighted by Gasteiger charge is -2.57. The smallest absolute Gasteiger partial charge is 0.00851 e. The molecule has 0 radical (unpaired) electrons. The monoisotopic (exact) mass is 302 g/mol. The van der Waals surface area contributed by atoms with Crippen LogP contribution in [0.4, 0.5) is 0 Å². The normalized spacial score (nSPS) is 50.0. The summed E-state index contributed by atoms with van der Waals surface area (Å²) in [4.78, 5) is 0. The zero-order valence-corrected chi connectivity index (χ0v) is 15.8. The summed E-state index contributed by atoms with van der Waals surface area (Å²) in [5.41, 5.74) is 3.16. The summed E-state index contributed by atoms with van der Waals surface area (Å²) in [6.45, 7) is 11.7. The third-order valence-corrected chi connectivity index (χ3v) is 8.13. The quantitative estimate of drug-likeness (QED) is 0.422. The van der Waals surface area contributed by atoms with E-state index in [1.165, 1.54) is 57.8 Å². The van der Waals surface area contributed by atoms with E-state index in [9.17, 15) is 0 Å². The molecule has 0 heteroatoms. The molecule has 0 heterocycles. The van der Waals surface area contributed by atoms with E-state index in [1.54, 1.807) is 0 Å². The van der Waals surface area contributed by atoms with Crippen molar-refractivity contribution >= 4 is 0 Å². The molecule has 0 N–H and O–H groups in total. The maximum absolute atomic E-state index is 2.71. The second-order valence-corrected chi connectivity index (χ2v) is 9.19. The Kier molecular flexibility index (Phi) is 4.52. The van der Waals surface area contributed by atoms with Crippen LogP contribution in [0.5, 0.6) is 0 Å². The molecule has 3 saturated carbocycles. The van der Waals surface area contributed by atoms with Gasteiger partial charge in [-0.25, -0.2) is 0 Å². The Morgan fingerprint density at radius 3 is 2.50 bits per heavy atom. The molecule has 3 fully saturated rings. The first-order valence-electron chi connectivity index (χ1n) is 10.2. The molecular formula is C22H38. The fourth-order valence-electron chi connectivity index (χ4n) is 6.84. The van der Waals surface area contributed by atoms with Gasteiger partial charge in [-0.15, -0.1) is 0 Å². The Bertz CT molecular complexity index is 433. The van der Waals surface area contributed by atoms with Gasteiger partial charge in [0, 0.05) is 0 Å². The molecule has 6 unspecified atom stereocenters. The van der Waals surface area contributed by atoms with Crippen molar-refractivity contribution in [3.05, 3.63) is 11.6 Å². The van der Waals surface area contributed by atoms with Crippen LogP contribution in [0.1, 0.15) is 92.4 Å². The summed E-state index contributed by atoms with van der Waals surface area (Å²) in [6.07, 6.45) is 16.1. The van der Waals surface area contributed by atoms with E-state index in [1.807, 2.05) is 19.4 Å². The van der Waals surface area contributed by atoms with Crippen LogP contribution in [0, 0.1) is 34.5 Å². The molecule has 4 aliphatic carbocycles. The minimum Gasteiger partial charge on any atom is -0.0845 e. The van der Waals surface area contributed by atoms with Crippen LogP contribution in [0.3, 0.4) is 0 Å². The van der Waals surface area contributed by atoms with Crippen LogP contribution in [0.25, 0.3) is 0 Å². The van der Waals surface area contributed by atoms with Crippen molar-refractivity contribution in [2.75, 3.05) is 0 Å². The standard InChI is InChI=1S/C20H32.C2H6/c1-14-8-12-20(3)15(13-14)6-7-16-17-5-4-10-19(17,2)11-9-18(16)20;1-2/h6,14,16-18H,4-5,7-13H2,1-3H3;1-2H3. The Hall–Kier alpha value is -0.260. The van der Waals surface area contributed by atoms with Crippen LogP contribution in [-0.4, -0.2) is 0 Å². The van der Waals surface area contributed by atoms with Crippen molar-refractivity contribution in [1.29, 1.82) is 0 Å². The first-order chi connectivity index (χ1) is 10.5. The van der Waals surface area contributed by atoms with Crippen LogP contribution >= 0.6 is 0 Å². The van der Waals surface area contributed by atoms with Crippen LogP contribution < -0.4 is 0 Å². The maximum atomic E-state index is 2.71. The van der Waals surface area contributed by atoms with Crippen LogP contribution in [-0.2, 0) is 0 Å². The molecule has 6 atom stereocenters. The van der Waals surface area contributed by atoms with Gasteiger partial charge in [-0.1, -0.05) is 52.7 Å². The Labute approximate surface area is 139 Å². The molecule has 0 aliphatic heterocycles. The average Bonchev–Trinajstić information content (AvgIpc) is 2.92. The van der Waals surface area contributed by atoms with Gasteiger partial charge in [0.2, 0.25) is 0 Å². The molecule has 0 amide bonds. The summed E-state index contributed by atoms with van der Waals surface area (Å²) in [7, 11) is 0. The van der Waals surface area contributed by atoms with E-state index in [0.29, 0.717) is 10.8 Å². The van der Waals surface area contributed by atoms with E-state index in [4.69, 9.17) is 0 Å². The molecule has 22 heavy (non-hydrogen) atoms. The van der Waals surface area contributed by atoms with E-state index < -0.39 is 0 Å². The fraction of sp³-hybridized carbons (Fsp3) is 0.909. The highest BCUT2D eigenvalue weighted by Gasteiger charge is 2.55. The Morgan fingerprint density at radius 2 is 1.73 bits per heavy atom. The highest BCUT2D eigenvalue weighted by atomic mass is 14.6. The zero-order chi connectivity index (χ0) is 16.0. The van der Waals surface area contributed by atoms with E-state index in [2.05, 4.69) is 26.8 Å². The number of rotatable bonds is 0. The van der Waals surface area contributed by atoms with Crippen molar-refractivity contribution in [3.8, 4) is 0 Å². The van der Waals surface area contributed by atoms with Gasteiger partial charge in [0.1, 0.15) is 0 Å². The number of hydrogen-bond donors (Lipinski definition) is 0. The third-order valence-electron chi connectivity index (χ3n) is 8.13. The molecule has 0 saturated heterocycles. The average molecular weight is 303 g/mol. The molecule has 0 bridgehead atoms. The van der Waals surface area contributed by atoms with E-state index in [-0.39, 0.29) is 0 Å². The molecule has 4 aliphatic rings. The van der Waals surface area contributed by atoms with Crippen molar-refractivity contribution in [1.82, 2.24) is 0 Å². The maximum Gasteiger partial charge on any atom is -0.00851 e. The summed E-state index contributed by atoms with van der Waals surface area (Å²) < 4.78 is 0. The van der Waals surface area contributed by atoms with Crippen LogP contribution in [0.15, 0.2) is 11.6 Å². The predicted molar refractivity (Wildman–Crippen MR) is 96.8 cm³/mol. The van der Waals surface area contributed by atoms with E-state index >= 15 is 0 Å². The molecule has 0 aromatic carbocycles. The van der Waals surface area contributed by atoms with Gasteiger partial charge in [0.15, 0.2) is 0 Å². The highest BCUT2D eigenvalue weighted by Crippen LogP contribution is 2.65. The van der Waals surface area contributed by atoms with Gasteiger partial charge >= 0.3 is 0 Å². The summed E-state index contributed by atoms with van der Waals surface area (Å²) in [6, 6.07) is 0. The van der Waals surface area contributed by atoms with Crippen molar-refractivity contribution in [2.24, 2.45) is 34.5 Å². The largest absolute Gasteiger partial charge is 0.0845 e. The molecular weight excluding hydrogens is 264 g/mol. The topological polar surface area (TPSA) is 0 Å². The SMILES string of the molecule is CC.CC1CCC2(C)C(=CCC3C4CCCC4(C)CCC32)C1. The Morgan fingerprint density at radius 1 is 0.955 bits per heavy atom. The van der Waals surface area contributed by atoms with Crippen LogP contribution in [0.2, 0.25) is 0 Å². The predicted octanol–water partition coefficient (Wildman–Crippen LogP) is 7.00. The molecule has 0 nitrogen and oxygen atoms in total. The number of allylic oxidation sites excluding steroid dienone is 2.